The average Bonchev–Trinajstić information content (AvgIpc) is 2.94. The van der Waals surface area contributed by atoms with Gasteiger partial charge in [0, 0.05) is 13.1 Å². The van der Waals surface area contributed by atoms with Crippen LogP contribution >= 0.6 is 0 Å². The molecule has 1 amide bonds. The van der Waals surface area contributed by atoms with Gasteiger partial charge in [-0.15, -0.1) is 0 Å². The number of hydrogen-bond donors (Lipinski definition) is 0. The van der Waals surface area contributed by atoms with Crippen LogP contribution in [0.3, 0.4) is 0 Å². The molecule has 1 saturated heterocycles. The molecule has 0 saturated carbocycles. The Labute approximate surface area is 125 Å². The number of carbonyl (C=O) groups excluding carboxylic acids is 1. The fourth-order valence-corrected chi connectivity index (χ4v) is 3.06. The lowest BCUT2D eigenvalue weighted by Crippen LogP contribution is -2.39. The van der Waals surface area contributed by atoms with Gasteiger partial charge in [0.2, 0.25) is 0 Å². The number of piperidine rings is 1. The Bertz CT molecular complexity index is 595. The third-order valence-electron chi connectivity index (χ3n) is 4.36. The maximum atomic E-state index is 12.4. The molecule has 0 N–H and O–H groups in total. The van der Waals surface area contributed by atoms with Crippen LogP contribution in [0.4, 0.5) is 0 Å². The van der Waals surface area contributed by atoms with Crippen LogP contribution in [0.2, 0.25) is 0 Å². The highest BCUT2D eigenvalue weighted by Crippen LogP contribution is 2.23. The Morgan fingerprint density at radius 2 is 1.90 bits per heavy atom. The molecule has 3 rings (SSSR count). The highest BCUT2D eigenvalue weighted by atomic mass is 16.3. The predicted octanol–water partition coefficient (Wildman–Crippen LogP) is 3.68. The molecule has 0 aliphatic carbocycles. The van der Waals surface area contributed by atoms with Gasteiger partial charge in [0.25, 0.3) is 5.91 Å². The molecule has 2 heterocycles. The largest absolute Gasteiger partial charge is 0.469 e. The Kier molecular flexibility index (Phi) is 4.09. The molecule has 110 valence electrons. The molecule has 3 heteroatoms. The van der Waals surface area contributed by atoms with Gasteiger partial charge in [-0.05, 0) is 43.7 Å². The molecule has 1 aliphatic rings. The van der Waals surface area contributed by atoms with Gasteiger partial charge < -0.3 is 9.32 Å². The van der Waals surface area contributed by atoms with Crippen molar-refractivity contribution in [2.24, 2.45) is 5.92 Å². The van der Waals surface area contributed by atoms with Crippen molar-refractivity contribution < 1.29 is 9.21 Å². The fraction of sp³-hybridized carbons (Fsp3) is 0.389. The van der Waals surface area contributed by atoms with E-state index >= 15 is 0 Å². The second kappa shape index (κ2) is 6.17. The van der Waals surface area contributed by atoms with Crippen molar-refractivity contribution >= 4 is 5.91 Å². The van der Waals surface area contributed by atoms with Gasteiger partial charge in [0.1, 0.15) is 5.76 Å². The first kappa shape index (κ1) is 13.9. The van der Waals surface area contributed by atoms with E-state index in [0.717, 1.165) is 32.4 Å². The molecular formula is C18H21NO2. The third kappa shape index (κ3) is 3.18. The summed E-state index contributed by atoms with van der Waals surface area (Å²) in [4.78, 5) is 14.4. The lowest BCUT2D eigenvalue weighted by atomic mass is 9.90. The topological polar surface area (TPSA) is 33.5 Å². The summed E-state index contributed by atoms with van der Waals surface area (Å²) in [6.07, 6.45) is 4.87. The maximum Gasteiger partial charge on any atom is 0.257 e. The van der Waals surface area contributed by atoms with Gasteiger partial charge in [-0.25, -0.2) is 0 Å². The van der Waals surface area contributed by atoms with Crippen molar-refractivity contribution in [1.82, 2.24) is 4.90 Å². The maximum absolute atomic E-state index is 12.4. The molecule has 21 heavy (non-hydrogen) atoms. The van der Waals surface area contributed by atoms with Gasteiger partial charge in [-0.3, -0.25) is 4.79 Å². The Morgan fingerprint density at radius 1 is 1.19 bits per heavy atom. The number of aryl methyl sites for hydroxylation is 1. The number of hydrogen-bond acceptors (Lipinski definition) is 2. The molecular weight excluding hydrogens is 262 g/mol. The smallest absolute Gasteiger partial charge is 0.257 e. The van der Waals surface area contributed by atoms with E-state index in [1.54, 1.807) is 12.3 Å². The van der Waals surface area contributed by atoms with Crippen LogP contribution in [0.15, 0.2) is 47.1 Å². The van der Waals surface area contributed by atoms with Crippen molar-refractivity contribution in [3.63, 3.8) is 0 Å². The van der Waals surface area contributed by atoms with Crippen molar-refractivity contribution in [2.75, 3.05) is 13.1 Å². The summed E-state index contributed by atoms with van der Waals surface area (Å²) in [6, 6.07) is 12.4. The minimum Gasteiger partial charge on any atom is -0.469 e. The molecule has 3 nitrogen and oxygen atoms in total. The lowest BCUT2D eigenvalue weighted by molar-refractivity contribution is 0.0689. The summed E-state index contributed by atoms with van der Waals surface area (Å²) >= 11 is 0. The normalized spacial score (nSPS) is 16.1. The molecule has 0 atom stereocenters. The van der Waals surface area contributed by atoms with E-state index in [2.05, 4.69) is 30.3 Å². The Balaban J connectivity index is 1.56. The highest BCUT2D eigenvalue weighted by molar-refractivity contribution is 5.95. The SMILES string of the molecule is Cc1occc1C(=O)N1CCC(Cc2ccccc2)CC1. The van der Waals surface area contributed by atoms with Gasteiger partial charge >= 0.3 is 0 Å². The zero-order valence-electron chi connectivity index (χ0n) is 12.4. The molecule has 0 unspecified atom stereocenters. The first-order valence-electron chi connectivity index (χ1n) is 7.61. The zero-order valence-corrected chi connectivity index (χ0v) is 12.4. The number of rotatable bonds is 3. The summed E-state index contributed by atoms with van der Waals surface area (Å²) in [6.45, 7) is 3.54. The van der Waals surface area contributed by atoms with Crippen molar-refractivity contribution in [3.05, 3.63) is 59.5 Å². The molecule has 0 radical (unpaired) electrons. The number of carbonyl (C=O) groups is 1. The molecule has 2 aromatic rings. The molecule has 0 spiro atoms. The standard InChI is InChI=1S/C18H21NO2/c1-14-17(9-12-21-14)18(20)19-10-7-16(8-11-19)13-15-5-3-2-4-6-15/h2-6,9,12,16H,7-8,10-11,13H2,1H3. The van der Waals surface area contributed by atoms with E-state index in [1.807, 2.05) is 11.8 Å². The van der Waals surface area contributed by atoms with Crippen LogP contribution in [0.1, 0.15) is 34.5 Å². The number of benzene rings is 1. The first-order chi connectivity index (χ1) is 10.2. The monoisotopic (exact) mass is 283 g/mol. The van der Waals surface area contributed by atoms with Gasteiger partial charge in [-0.1, -0.05) is 30.3 Å². The van der Waals surface area contributed by atoms with Crippen molar-refractivity contribution in [1.29, 1.82) is 0 Å². The van der Waals surface area contributed by atoms with E-state index < -0.39 is 0 Å². The Hall–Kier alpha value is -2.03. The zero-order chi connectivity index (χ0) is 14.7. The molecule has 1 aromatic heterocycles. The van der Waals surface area contributed by atoms with Crippen LogP contribution in [-0.2, 0) is 6.42 Å². The van der Waals surface area contributed by atoms with Crippen molar-refractivity contribution in [3.8, 4) is 0 Å². The quantitative estimate of drug-likeness (QED) is 0.861. The van der Waals surface area contributed by atoms with E-state index in [4.69, 9.17) is 4.42 Å². The second-order valence-electron chi connectivity index (χ2n) is 5.82. The summed E-state index contributed by atoms with van der Waals surface area (Å²) in [5.41, 5.74) is 2.10. The summed E-state index contributed by atoms with van der Waals surface area (Å²) in [5.74, 6) is 1.51. The van der Waals surface area contributed by atoms with Gasteiger partial charge in [0.05, 0.1) is 11.8 Å². The number of furan rings is 1. The van der Waals surface area contributed by atoms with Crippen LogP contribution in [-0.4, -0.2) is 23.9 Å². The van der Waals surface area contributed by atoms with Gasteiger partial charge in [-0.2, -0.15) is 0 Å². The molecule has 0 bridgehead atoms. The molecule has 1 aromatic carbocycles. The number of likely N-dealkylation sites (tertiary alicyclic amines) is 1. The first-order valence-corrected chi connectivity index (χ1v) is 7.61. The summed E-state index contributed by atoms with van der Waals surface area (Å²) in [5, 5.41) is 0. The van der Waals surface area contributed by atoms with Crippen LogP contribution < -0.4 is 0 Å². The number of nitrogens with zero attached hydrogens (tertiary/aromatic N) is 1. The van der Waals surface area contributed by atoms with E-state index in [0.29, 0.717) is 17.2 Å². The van der Waals surface area contributed by atoms with Crippen LogP contribution in [0.5, 0.6) is 0 Å². The van der Waals surface area contributed by atoms with Crippen LogP contribution in [0.25, 0.3) is 0 Å². The van der Waals surface area contributed by atoms with E-state index in [1.165, 1.54) is 5.56 Å². The minimum atomic E-state index is 0.111. The fourth-order valence-electron chi connectivity index (χ4n) is 3.06. The second-order valence-corrected chi connectivity index (χ2v) is 5.82. The molecule has 1 aliphatic heterocycles. The summed E-state index contributed by atoms with van der Waals surface area (Å²) < 4.78 is 5.23. The molecule has 1 fully saturated rings. The Morgan fingerprint density at radius 3 is 2.52 bits per heavy atom. The average molecular weight is 283 g/mol. The predicted molar refractivity (Wildman–Crippen MR) is 82.2 cm³/mol. The van der Waals surface area contributed by atoms with Gasteiger partial charge in [0.15, 0.2) is 0 Å². The van der Waals surface area contributed by atoms with E-state index in [-0.39, 0.29) is 5.91 Å². The third-order valence-corrected chi connectivity index (χ3v) is 4.36. The van der Waals surface area contributed by atoms with E-state index in [9.17, 15) is 4.79 Å². The highest BCUT2D eigenvalue weighted by Gasteiger charge is 2.25. The van der Waals surface area contributed by atoms with Crippen LogP contribution in [0, 0.1) is 12.8 Å². The lowest BCUT2D eigenvalue weighted by Gasteiger charge is -2.32. The van der Waals surface area contributed by atoms with Crippen molar-refractivity contribution in [2.45, 2.75) is 26.2 Å². The number of amides is 1. The minimum absolute atomic E-state index is 0.111. The summed E-state index contributed by atoms with van der Waals surface area (Å²) in [7, 11) is 0.